The average molecular weight is 236 g/mol. The van der Waals surface area contributed by atoms with Gasteiger partial charge >= 0.3 is 0 Å². The zero-order valence-corrected chi connectivity index (χ0v) is 10.5. The van der Waals surface area contributed by atoms with Gasteiger partial charge in [0.1, 0.15) is 5.75 Å². The molecule has 0 unspecified atom stereocenters. The average Bonchev–Trinajstić information content (AvgIpc) is 2.41. The quantitative estimate of drug-likeness (QED) is 0.785. The standard InChI is InChI=1S/C13H16O2S/c1-9(2)15-10-5-6-13-11(8-10)12(14)4-3-7-16-13/h5-6,8-9H,3-4,7H2,1-2H3. The Kier molecular flexibility index (Phi) is 3.54. The molecule has 0 saturated heterocycles. The van der Waals surface area contributed by atoms with E-state index in [1.54, 1.807) is 11.8 Å². The van der Waals surface area contributed by atoms with Crippen LogP contribution < -0.4 is 4.74 Å². The van der Waals surface area contributed by atoms with Gasteiger partial charge in [-0.1, -0.05) is 0 Å². The van der Waals surface area contributed by atoms with E-state index in [2.05, 4.69) is 0 Å². The molecule has 1 aliphatic heterocycles. The van der Waals surface area contributed by atoms with Crippen LogP contribution in [0.5, 0.6) is 5.75 Å². The number of carbonyl (C=O) groups excluding carboxylic acids is 1. The highest BCUT2D eigenvalue weighted by atomic mass is 32.2. The predicted octanol–water partition coefficient (Wildman–Crippen LogP) is 3.54. The Labute approximate surface area is 100 Å². The number of rotatable bonds is 2. The van der Waals surface area contributed by atoms with Crippen molar-refractivity contribution < 1.29 is 9.53 Å². The summed E-state index contributed by atoms with van der Waals surface area (Å²) in [5.74, 6) is 2.07. The second-order valence-corrected chi connectivity index (χ2v) is 5.34. The van der Waals surface area contributed by atoms with Gasteiger partial charge in [-0.2, -0.15) is 0 Å². The fourth-order valence-corrected chi connectivity index (χ4v) is 2.75. The SMILES string of the molecule is CC(C)Oc1ccc2c(c1)C(=O)CCCS2. The molecule has 0 spiro atoms. The van der Waals surface area contributed by atoms with Gasteiger partial charge in [-0.15, -0.1) is 11.8 Å². The van der Waals surface area contributed by atoms with Crippen molar-refractivity contribution in [3.63, 3.8) is 0 Å². The van der Waals surface area contributed by atoms with Crippen molar-refractivity contribution in [1.82, 2.24) is 0 Å². The highest BCUT2D eigenvalue weighted by Crippen LogP contribution is 2.31. The summed E-state index contributed by atoms with van der Waals surface area (Å²) in [6.45, 7) is 3.98. The van der Waals surface area contributed by atoms with Crippen LogP contribution >= 0.6 is 11.8 Å². The van der Waals surface area contributed by atoms with Crippen LogP contribution in [0, 0.1) is 0 Å². The van der Waals surface area contributed by atoms with Crippen molar-refractivity contribution in [3.05, 3.63) is 23.8 Å². The largest absolute Gasteiger partial charge is 0.491 e. The van der Waals surface area contributed by atoms with Crippen LogP contribution in [0.25, 0.3) is 0 Å². The lowest BCUT2D eigenvalue weighted by Gasteiger charge is -2.12. The van der Waals surface area contributed by atoms with E-state index in [0.717, 1.165) is 28.4 Å². The maximum atomic E-state index is 11.9. The van der Waals surface area contributed by atoms with Crippen LogP contribution in [0.4, 0.5) is 0 Å². The third-order valence-corrected chi connectivity index (χ3v) is 3.59. The van der Waals surface area contributed by atoms with Gasteiger partial charge < -0.3 is 4.74 Å². The van der Waals surface area contributed by atoms with Gasteiger partial charge in [0.2, 0.25) is 0 Å². The van der Waals surface area contributed by atoms with E-state index in [-0.39, 0.29) is 11.9 Å². The molecule has 0 saturated carbocycles. The molecule has 1 heterocycles. The summed E-state index contributed by atoms with van der Waals surface area (Å²) in [4.78, 5) is 13.0. The molecule has 3 heteroatoms. The van der Waals surface area contributed by atoms with E-state index in [9.17, 15) is 4.79 Å². The van der Waals surface area contributed by atoms with Crippen molar-refractivity contribution >= 4 is 17.5 Å². The number of thioether (sulfide) groups is 1. The minimum atomic E-state index is 0.145. The van der Waals surface area contributed by atoms with Crippen LogP contribution in [0.1, 0.15) is 37.0 Å². The number of hydrogen-bond donors (Lipinski definition) is 0. The van der Waals surface area contributed by atoms with Gasteiger partial charge in [-0.3, -0.25) is 4.79 Å². The summed E-state index contributed by atoms with van der Waals surface area (Å²) in [6.07, 6.45) is 1.77. The monoisotopic (exact) mass is 236 g/mol. The molecule has 2 rings (SSSR count). The van der Waals surface area contributed by atoms with Crippen molar-refractivity contribution in [2.24, 2.45) is 0 Å². The first-order valence-corrected chi connectivity index (χ1v) is 6.62. The number of benzene rings is 1. The Balaban J connectivity index is 2.31. The highest BCUT2D eigenvalue weighted by molar-refractivity contribution is 7.99. The Hall–Kier alpha value is -0.960. The van der Waals surface area contributed by atoms with Crippen LogP contribution in [-0.2, 0) is 0 Å². The number of Topliss-reactive ketones (excluding diaryl/α,β-unsaturated/α-hetero) is 1. The maximum absolute atomic E-state index is 11.9. The van der Waals surface area contributed by atoms with Gasteiger partial charge in [0.15, 0.2) is 5.78 Å². The number of ketones is 1. The molecule has 1 aromatic carbocycles. The minimum absolute atomic E-state index is 0.145. The van der Waals surface area contributed by atoms with Crippen LogP contribution in [0.15, 0.2) is 23.1 Å². The molecule has 1 aromatic rings. The first-order chi connectivity index (χ1) is 7.66. The predicted molar refractivity (Wildman–Crippen MR) is 66.5 cm³/mol. The number of carbonyl (C=O) groups is 1. The highest BCUT2D eigenvalue weighted by Gasteiger charge is 2.16. The van der Waals surface area contributed by atoms with Crippen LogP contribution in [-0.4, -0.2) is 17.6 Å². The van der Waals surface area contributed by atoms with Crippen molar-refractivity contribution in [3.8, 4) is 5.75 Å². The van der Waals surface area contributed by atoms with E-state index in [0.29, 0.717) is 6.42 Å². The topological polar surface area (TPSA) is 26.3 Å². The number of fused-ring (bicyclic) bond motifs is 1. The molecule has 0 bridgehead atoms. The third-order valence-electron chi connectivity index (χ3n) is 2.43. The van der Waals surface area contributed by atoms with Crippen LogP contribution in [0.2, 0.25) is 0 Å². The lowest BCUT2D eigenvalue weighted by Crippen LogP contribution is -2.07. The molecule has 0 radical (unpaired) electrons. The van der Waals surface area contributed by atoms with Gasteiger partial charge in [-0.05, 0) is 44.2 Å². The summed E-state index contributed by atoms with van der Waals surface area (Å²) in [6, 6.07) is 5.83. The molecule has 2 nitrogen and oxygen atoms in total. The Morgan fingerprint density at radius 1 is 1.38 bits per heavy atom. The van der Waals surface area contributed by atoms with Crippen LogP contribution in [0.3, 0.4) is 0 Å². The van der Waals surface area contributed by atoms with E-state index in [1.165, 1.54) is 0 Å². The summed E-state index contributed by atoms with van der Waals surface area (Å²) in [7, 11) is 0. The molecule has 1 aliphatic rings. The van der Waals surface area contributed by atoms with E-state index in [1.807, 2.05) is 32.0 Å². The normalized spacial score (nSPS) is 15.8. The minimum Gasteiger partial charge on any atom is -0.491 e. The van der Waals surface area contributed by atoms with Crippen molar-refractivity contribution in [1.29, 1.82) is 0 Å². The van der Waals surface area contributed by atoms with Crippen molar-refractivity contribution in [2.45, 2.75) is 37.7 Å². The molecule has 0 aliphatic carbocycles. The van der Waals surface area contributed by atoms with Gasteiger partial charge in [0.25, 0.3) is 0 Å². The molecule has 0 amide bonds. The summed E-state index contributed by atoms with van der Waals surface area (Å²) >= 11 is 1.76. The van der Waals surface area contributed by atoms with E-state index >= 15 is 0 Å². The lowest BCUT2D eigenvalue weighted by atomic mass is 10.1. The molecule has 0 N–H and O–H groups in total. The Morgan fingerprint density at radius 3 is 2.94 bits per heavy atom. The second kappa shape index (κ2) is 4.91. The number of ether oxygens (including phenoxy) is 1. The smallest absolute Gasteiger partial charge is 0.164 e. The first kappa shape index (κ1) is 11.5. The zero-order valence-electron chi connectivity index (χ0n) is 9.66. The summed E-state index contributed by atoms with van der Waals surface area (Å²) < 4.78 is 5.61. The van der Waals surface area contributed by atoms with Gasteiger partial charge in [0.05, 0.1) is 6.10 Å². The zero-order chi connectivity index (χ0) is 11.5. The molecule has 16 heavy (non-hydrogen) atoms. The third kappa shape index (κ3) is 2.59. The summed E-state index contributed by atoms with van der Waals surface area (Å²) in [5, 5.41) is 0. The molecule has 0 fully saturated rings. The van der Waals surface area contributed by atoms with E-state index in [4.69, 9.17) is 4.74 Å². The van der Waals surface area contributed by atoms with Gasteiger partial charge in [-0.25, -0.2) is 0 Å². The first-order valence-electron chi connectivity index (χ1n) is 5.63. The van der Waals surface area contributed by atoms with E-state index < -0.39 is 0 Å². The summed E-state index contributed by atoms with van der Waals surface area (Å²) in [5.41, 5.74) is 0.834. The molecular formula is C13H16O2S. The molecule has 0 aromatic heterocycles. The Morgan fingerprint density at radius 2 is 2.19 bits per heavy atom. The number of hydrogen-bond acceptors (Lipinski definition) is 3. The lowest BCUT2D eigenvalue weighted by molar-refractivity contribution is 0.0979. The van der Waals surface area contributed by atoms with Gasteiger partial charge in [0, 0.05) is 16.9 Å². The molecule has 0 atom stereocenters. The fraction of sp³-hybridized carbons (Fsp3) is 0.462. The maximum Gasteiger partial charge on any atom is 0.164 e. The second-order valence-electron chi connectivity index (χ2n) is 4.20. The fourth-order valence-electron chi connectivity index (χ4n) is 1.75. The molecule has 86 valence electrons. The molecular weight excluding hydrogens is 220 g/mol. The van der Waals surface area contributed by atoms with Crippen molar-refractivity contribution in [2.75, 3.05) is 5.75 Å². The Bertz CT molecular complexity index is 399.